The van der Waals surface area contributed by atoms with Gasteiger partial charge in [-0.2, -0.15) is 0 Å². The van der Waals surface area contributed by atoms with Gasteiger partial charge < -0.3 is 10.1 Å². The average Bonchev–Trinajstić information content (AvgIpc) is 2.89. The number of aromatic nitrogens is 1. The lowest BCUT2D eigenvalue weighted by Gasteiger charge is -2.23. The molecule has 4 heteroatoms. The van der Waals surface area contributed by atoms with Crippen LogP contribution in [0.2, 0.25) is 0 Å². The maximum Gasteiger partial charge on any atom is 0.125 e. The van der Waals surface area contributed by atoms with Gasteiger partial charge in [-0.1, -0.05) is 13.8 Å². The van der Waals surface area contributed by atoms with Crippen LogP contribution >= 0.6 is 11.3 Å². The highest BCUT2D eigenvalue weighted by atomic mass is 32.1. The molecule has 1 heterocycles. The normalized spacial score (nSPS) is 22.0. The Bertz CT molecular complexity index is 412. The fraction of sp³-hybridized carbons (Fsp3) is 0.800. The van der Waals surface area contributed by atoms with Crippen molar-refractivity contribution in [1.29, 1.82) is 0 Å². The monoisotopic (exact) mass is 282 g/mol. The Morgan fingerprint density at radius 2 is 2.26 bits per heavy atom. The van der Waals surface area contributed by atoms with Crippen LogP contribution in [0.1, 0.15) is 68.1 Å². The highest BCUT2D eigenvalue weighted by molar-refractivity contribution is 7.12. The van der Waals surface area contributed by atoms with E-state index in [2.05, 4.69) is 26.1 Å². The van der Waals surface area contributed by atoms with Gasteiger partial charge in [0.2, 0.25) is 0 Å². The molecular formula is C15H26N2OS. The summed E-state index contributed by atoms with van der Waals surface area (Å²) in [7, 11) is 1.79. The van der Waals surface area contributed by atoms with Gasteiger partial charge in [0, 0.05) is 18.0 Å². The Balaban J connectivity index is 2.25. The molecule has 108 valence electrons. The van der Waals surface area contributed by atoms with E-state index in [4.69, 9.17) is 9.72 Å². The zero-order valence-corrected chi connectivity index (χ0v) is 13.4. The smallest absolute Gasteiger partial charge is 0.125 e. The highest BCUT2D eigenvalue weighted by Crippen LogP contribution is 2.39. The number of hydrogen-bond donors (Lipinski definition) is 1. The molecule has 3 nitrogen and oxygen atoms in total. The van der Waals surface area contributed by atoms with Gasteiger partial charge in [0.25, 0.3) is 0 Å². The SMILES string of the molecule is CCCNC1CCCc2nc(C(C)(CC)OC)sc21. The minimum atomic E-state index is -0.225. The number of nitrogens with one attached hydrogen (secondary N) is 1. The molecule has 2 unspecified atom stereocenters. The van der Waals surface area contributed by atoms with E-state index in [1.165, 1.54) is 29.8 Å². The first-order valence-corrected chi connectivity index (χ1v) is 8.24. The van der Waals surface area contributed by atoms with Crippen molar-refractivity contribution in [2.24, 2.45) is 0 Å². The molecule has 0 saturated heterocycles. The minimum Gasteiger partial charge on any atom is -0.371 e. The van der Waals surface area contributed by atoms with Crippen molar-refractivity contribution in [3.05, 3.63) is 15.6 Å². The third-order valence-electron chi connectivity index (χ3n) is 4.17. The Morgan fingerprint density at radius 3 is 2.89 bits per heavy atom. The van der Waals surface area contributed by atoms with Crippen molar-refractivity contribution in [3.8, 4) is 0 Å². The zero-order valence-electron chi connectivity index (χ0n) is 12.6. The summed E-state index contributed by atoms with van der Waals surface area (Å²) in [4.78, 5) is 6.33. The molecule has 0 radical (unpaired) electrons. The van der Waals surface area contributed by atoms with Crippen LogP contribution in [0.4, 0.5) is 0 Å². The molecule has 0 bridgehead atoms. The fourth-order valence-electron chi connectivity index (χ4n) is 2.54. The van der Waals surface area contributed by atoms with Crippen LogP contribution in [0.5, 0.6) is 0 Å². The number of aryl methyl sites for hydroxylation is 1. The number of rotatable bonds is 6. The Kier molecular flexibility index (Phi) is 4.98. The predicted molar refractivity (Wildman–Crippen MR) is 80.7 cm³/mol. The van der Waals surface area contributed by atoms with Crippen LogP contribution in [-0.2, 0) is 16.8 Å². The molecule has 1 aromatic rings. The van der Waals surface area contributed by atoms with Crippen molar-refractivity contribution in [3.63, 3.8) is 0 Å². The summed E-state index contributed by atoms with van der Waals surface area (Å²) in [5, 5.41) is 4.80. The summed E-state index contributed by atoms with van der Waals surface area (Å²) in [6, 6.07) is 0.507. The lowest BCUT2D eigenvalue weighted by Crippen LogP contribution is -2.24. The predicted octanol–water partition coefficient (Wildman–Crippen LogP) is 3.79. The standard InChI is InChI=1S/C15H26N2OS/c1-5-10-16-11-8-7-9-12-13(11)19-14(17-12)15(3,6-2)18-4/h11,16H,5-10H2,1-4H3. The van der Waals surface area contributed by atoms with Gasteiger partial charge in [0.15, 0.2) is 0 Å². The van der Waals surface area contributed by atoms with E-state index in [9.17, 15) is 0 Å². The van der Waals surface area contributed by atoms with Crippen molar-refractivity contribution >= 4 is 11.3 Å². The molecule has 0 fully saturated rings. The second-order valence-corrected chi connectivity index (χ2v) is 6.55. The van der Waals surface area contributed by atoms with Crippen LogP contribution in [0, 0.1) is 0 Å². The van der Waals surface area contributed by atoms with E-state index in [-0.39, 0.29) is 5.60 Å². The molecule has 2 atom stereocenters. The Morgan fingerprint density at radius 1 is 1.47 bits per heavy atom. The first-order chi connectivity index (χ1) is 9.14. The number of hydrogen-bond acceptors (Lipinski definition) is 4. The van der Waals surface area contributed by atoms with Gasteiger partial charge in [0.05, 0.1) is 5.69 Å². The second kappa shape index (κ2) is 6.33. The second-order valence-electron chi connectivity index (χ2n) is 5.52. The summed E-state index contributed by atoms with van der Waals surface area (Å²) in [5.74, 6) is 0. The molecule has 0 saturated carbocycles. The molecule has 2 rings (SSSR count). The average molecular weight is 282 g/mol. The summed E-state index contributed by atoms with van der Waals surface area (Å²) in [6.07, 6.45) is 5.75. The Hall–Kier alpha value is -0.450. The molecule has 1 aliphatic rings. The van der Waals surface area contributed by atoms with E-state index < -0.39 is 0 Å². The van der Waals surface area contributed by atoms with E-state index in [0.29, 0.717) is 6.04 Å². The van der Waals surface area contributed by atoms with Gasteiger partial charge in [-0.05, 0) is 45.6 Å². The third-order valence-corrected chi connectivity index (χ3v) is 5.63. The first-order valence-electron chi connectivity index (χ1n) is 7.43. The largest absolute Gasteiger partial charge is 0.371 e. The highest BCUT2D eigenvalue weighted by Gasteiger charge is 2.32. The van der Waals surface area contributed by atoms with Gasteiger partial charge >= 0.3 is 0 Å². The molecule has 0 aliphatic heterocycles. The summed E-state index contributed by atoms with van der Waals surface area (Å²) in [6.45, 7) is 7.61. The number of nitrogens with zero attached hydrogens (tertiary/aromatic N) is 1. The lowest BCUT2D eigenvalue weighted by atomic mass is 9.98. The molecule has 1 aromatic heterocycles. The number of methoxy groups -OCH3 is 1. The molecule has 1 N–H and O–H groups in total. The lowest BCUT2D eigenvalue weighted by molar-refractivity contribution is -0.00166. The van der Waals surface area contributed by atoms with Crippen LogP contribution in [-0.4, -0.2) is 18.6 Å². The van der Waals surface area contributed by atoms with Gasteiger partial charge in [-0.15, -0.1) is 11.3 Å². The summed E-state index contributed by atoms with van der Waals surface area (Å²) in [5.41, 5.74) is 1.08. The van der Waals surface area contributed by atoms with Crippen molar-refractivity contribution in [1.82, 2.24) is 10.3 Å². The first kappa shape index (κ1) is 14.9. The fourth-order valence-corrected chi connectivity index (χ4v) is 3.96. The summed E-state index contributed by atoms with van der Waals surface area (Å²) < 4.78 is 5.69. The van der Waals surface area contributed by atoms with Gasteiger partial charge in [0.1, 0.15) is 10.6 Å². The number of ether oxygens (including phenoxy) is 1. The van der Waals surface area contributed by atoms with E-state index >= 15 is 0 Å². The van der Waals surface area contributed by atoms with Gasteiger partial charge in [-0.3, -0.25) is 0 Å². The van der Waals surface area contributed by atoms with Crippen LogP contribution in [0.15, 0.2) is 0 Å². The molecule has 19 heavy (non-hydrogen) atoms. The third kappa shape index (κ3) is 3.01. The van der Waals surface area contributed by atoms with Crippen LogP contribution in [0.3, 0.4) is 0 Å². The maximum absolute atomic E-state index is 5.69. The zero-order chi connectivity index (χ0) is 13.9. The van der Waals surface area contributed by atoms with E-state index in [1.807, 2.05) is 11.3 Å². The number of fused-ring (bicyclic) bond motifs is 1. The van der Waals surface area contributed by atoms with Crippen LogP contribution < -0.4 is 5.32 Å². The molecule has 0 aromatic carbocycles. The van der Waals surface area contributed by atoms with E-state index in [1.54, 1.807) is 7.11 Å². The number of thiazole rings is 1. The van der Waals surface area contributed by atoms with Crippen molar-refractivity contribution in [2.45, 2.75) is 64.5 Å². The molecule has 0 spiro atoms. The topological polar surface area (TPSA) is 34.2 Å². The quantitative estimate of drug-likeness (QED) is 0.862. The molecular weight excluding hydrogens is 256 g/mol. The van der Waals surface area contributed by atoms with Crippen molar-refractivity contribution < 1.29 is 4.74 Å². The van der Waals surface area contributed by atoms with Gasteiger partial charge in [-0.25, -0.2) is 4.98 Å². The molecule has 1 aliphatic carbocycles. The minimum absolute atomic E-state index is 0.225. The van der Waals surface area contributed by atoms with Crippen LogP contribution in [0.25, 0.3) is 0 Å². The Labute approximate surface area is 120 Å². The maximum atomic E-state index is 5.69. The molecule has 0 amide bonds. The van der Waals surface area contributed by atoms with Crippen molar-refractivity contribution in [2.75, 3.05) is 13.7 Å². The summed E-state index contributed by atoms with van der Waals surface area (Å²) >= 11 is 1.85. The van der Waals surface area contributed by atoms with E-state index in [0.717, 1.165) is 24.4 Å².